The number of hydrogen-bond donors (Lipinski definition) is 1. The molecule has 3 rings (SSSR count). The zero-order valence-corrected chi connectivity index (χ0v) is 15.1. The molecule has 2 aromatic carbocycles. The Morgan fingerprint density at radius 1 is 1.07 bits per heavy atom. The quantitative estimate of drug-likeness (QED) is 0.644. The third-order valence-corrected chi connectivity index (χ3v) is 4.15. The maximum atomic E-state index is 13.6. The number of alkyl halides is 3. The zero-order chi connectivity index (χ0) is 19.6. The molecule has 0 aliphatic rings. The molecule has 1 amide bonds. The van der Waals surface area contributed by atoms with Gasteiger partial charge in [0.15, 0.2) is 5.69 Å². The molecule has 4 nitrogen and oxygen atoms in total. The molecular formula is C18H12Cl2F3N3O. The molecule has 0 radical (unpaired) electrons. The summed E-state index contributed by atoms with van der Waals surface area (Å²) in [6.07, 6.45) is -3.90. The van der Waals surface area contributed by atoms with Crippen molar-refractivity contribution in [2.45, 2.75) is 12.7 Å². The lowest BCUT2D eigenvalue weighted by atomic mass is 10.2. The van der Waals surface area contributed by atoms with E-state index in [2.05, 4.69) is 10.4 Å². The van der Waals surface area contributed by atoms with E-state index in [1.54, 1.807) is 24.3 Å². The maximum Gasteiger partial charge on any atom is 0.434 e. The van der Waals surface area contributed by atoms with Crippen LogP contribution in [0, 0.1) is 0 Å². The average Bonchev–Trinajstić information content (AvgIpc) is 3.05. The molecule has 1 heterocycles. The first-order valence-electron chi connectivity index (χ1n) is 7.69. The van der Waals surface area contributed by atoms with E-state index in [1.807, 2.05) is 0 Å². The Morgan fingerprint density at radius 3 is 2.37 bits per heavy atom. The van der Waals surface area contributed by atoms with Crippen molar-refractivity contribution in [2.24, 2.45) is 0 Å². The van der Waals surface area contributed by atoms with Crippen LogP contribution in [0.15, 0.2) is 54.7 Å². The van der Waals surface area contributed by atoms with E-state index in [4.69, 9.17) is 23.2 Å². The van der Waals surface area contributed by atoms with Gasteiger partial charge >= 0.3 is 6.18 Å². The van der Waals surface area contributed by atoms with Gasteiger partial charge < -0.3 is 5.32 Å². The third-order valence-electron chi connectivity index (χ3n) is 3.68. The first-order valence-corrected chi connectivity index (χ1v) is 8.45. The fourth-order valence-corrected chi connectivity index (χ4v) is 2.91. The Balaban J connectivity index is 1.92. The lowest BCUT2D eigenvalue weighted by molar-refractivity contribution is -0.143. The summed E-state index contributed by atoms with van der Waals surface area (Å²) in [5.74, 6) is -0.893. The lowest BCUT2D eigenvalue weighted by Crippen LogP contribution is -2.26. The standard InChI is InChI=1S/C18H12Cl2F3N3O/c19-12-4-1-3-11(7-12)9-24-17(27)15-10-25-26(16(15)18(21,22)23)14-6-2-5-13(20)8-14/h1-8,10H,9H2,(H,24,27). The van der Waals surface area contributed by atoms with Gasteiger partial charge in [-0.1, -0.05) is 41.4 Å². The number of carbonyl (C=O) groups excluding carboxylic acids is 1. The number of hydrogen-bond acceptors (Lipinski definition) is 2. The number of benzene rings is 2. The van der Waals surface area contributed by atoms with Crippen molar-refractivity contribution < 1.29 is 18.0 Å². The van der Waals surface area contributed by atoms with E-state index in [1.165, 1.54) is 24.3 Å². The van der Waals surface area contributed by atoms with E-state index in [0.717, 1.165) is 6.20 Å². The Morgan fingerprint density at radius 2 is 1.74 bits per heavy atom. The van der Waals surface area contributed by atoms with Crippen LogP contribution in [-0.4, -0.2) is 15.7 Å². The molecular weight excluding hydrogens is 402 g/mol. The van der Waals surface area contributed by atoms with Crippen LogP contribution >= 0.6 is 23.2 Å². The summed E-state index contributed by atoms with van der Waals surface area (Å²) in [6.45, 7) is 0.0268. The number of halogens is 5. The summed E-state index contributed by atoms with van der Waals surface area (Å²) < 4.78 is 41.5. The Kier molecular flexibility index (Phi) is 5.43. The van der Waals surface area contributed by atoms with Crippen LogP contribution in [0.1, 0.15) is 21.6 Å². The molecule has 0 fully saturated rings. The lowest BCUT2D eigenvalue weighted by Gasteiger charge is -2.13. The molecule has 0 aliphatic heterocycles. The van der Waals surface area contributed by atoms with Gasteiger partial charge in [0.25, 0.3) is 5.91 Å². The smallest absolute Gasteiger partial charge is 0.348 e. The summed E-state index contributed by atoms with van der Waals surface area (Å²) in [4.78, 5) is 12.4. The highest BCUT2D eigenvalue weighted by molar-refractivity contribution is 6.31. The van der Waals surface area contributed by atoms with Crippen molar-refractivity contribution >= 4 is 29.1 Å². The molecule has 0 unspecified atom stereocenters. The first-order chi connectivity index (χ1) is 12.8. The number of carbonyl (C=O) groups is 1. The molecule has 0 spiro atoms. The van der Waals surface area contributed by atoms with Crippen molar-refractivity contribution in [1.82, 2.24) is 15.1 Å². The van der Waals surface area contributed by atoms with Gasteiger partial charge in [0.1, 0.15) is 0 Å². The predicted octanol–water partition coefficient (Wildman–Crippen LogP) is 5.13. The highest BCUT2D eigenvalue weighted by Gasteiger charge is 2.40. The Labute approximate surface area is 162 Å². The van der Waals surface area contributed by atoms with Crippen LogP contribution in [0.25, 0.3) is 5.69 Å². The number of rotatable bonds is 4. The van der Waals surface area contributed by atoms with Gasteiger partial charge in [-0.3, -0.25) is 4.79 Å². The molecule has 27 heavy (non-hydrogen) atoms. The normalized spacial score (nSPS) is 11.4. The maximum absolute atomic E-state index is 13.6. The summed E-state index contributed by atoms with van der Waals surface area (Å²) in [5, 5.41) is 6.91. The number of nitrogens with zero attached hydrogens (tertiary/aromatic N) is 2. The molecule has 0 saturated heterocycles. The van der Waals surface area contributed by atoms with Crippen LogP contribution < -0.4 is 5.32 Å². The summed E-state index contributed by atoms with van der Waals surface area (Å²) in [7, 11) is 0. The molecule has 3 aromatic rings. The number of amides is 1. The molecule has 140 valence electrons. The van der Waals surface area contributed by atoms with Crippen molar-refractivity contribution in [3.05, 3.63) is 81.6 Å². The van der Waals surface area contributed by atoms with Gasteiger partial charge in [-0.15, -0.1) is 0 Å². The Bertz CT molecular complexity index is 986. The van der Waals surface area contributed by atoms with Crippen molar-refractivity contribution in [3.63, 3.8) is 0 Å². The molecule has 1 N–H and O–H groups in total. The predicted molar refractivity (Wildman–Crippen MR) is 96.2 cm³/mol. The summed E-state index contributed by atoms with van der Waals surface area (Å²) >= 11 is 11.7. The highest BCUT2D eigenvalue weighted by atomic mass is 35.5. The minimum Gasteiger partial charge on any atom is -0.348 e. The molecule has 0 aliphatic carbocycles. The third kappa shape index (κ3) is 4.43. The minimum absolute atomic E-state index is 0.0268. The number of nitrogens with one attached hydrogen (secondary N) is 1. The van der Waals surface area contributed by atoms with Gasteiger partial charge in [-0.05, 0) is 35.9 Å². The molecule has 9 heteroatoms. The molecule has 1 aromatic heterocycles. The fourth-order valence-electron chi connectivity index (χ4n) is 2.52. The van der Waals surface area contributed by atoms with Gasteiger partial charge in [0.2, 0.25) is 0 Å². The highest BCUT2D eigenvalue weighted by Crippen LogP contribution is 2.34. The minimum atomic E-state index is -4.79. The summed E-state index contributed by atoms with van der Waals surface area (Å²) in [5.41, 5.74) is -0.992. The largest absolute Gasteiger partial charge is 0.434 e. The van der Waals surface area contributed by atoms with Crippen LogP contribution in [0.3, 0.4) is 0 Å². The molecule has 0 saturated carbocycles. The number of aromatic nitrogens is 2. The summed E-state index contributed by atoms with van der Waals surface area (Å²) in [6, 6.07) is 12.4. The fraction of sp³-hybridized carbons (Fsp3) is 0.111. The topological polar surface area (TPSA) is 46.9 Å². The van der Waals surface area contributed by atoms with Crippen LogP contribution in [0.2, 0.25) is 10.0 Å². The van der Waals surface area contributed by atoms with E-state index in [-0.39, 0.29) is 17.3 Å². The monoisotopic (exact) mass is 413 g/mol. The second kappa shape index (κ2) is 7.62. The average molecular weight is 414 g/mol. The van der Waals surface area contributed by atoms with E-state index in [0.29, 0.717) is 15.3 Å². The van der Waals surface area contributed by atoms with Gasteiger partial charge in [-0.2, -0.15) is 18.3 Å². The molecule has 0 bridgehead atoms. The van der Waals surface area contributed by atoms with E-state index < -0.39 is 23.3 Å². The zero-order valence-electron chi connectivity index (χ0n) is 13.6. The van der Waals surface area contributed by atoms with E-state index >= 15 is 0 Å². The second-order valence-corrected chi connectivity index (χ2v) is 6.48. The van der Waals surface area contributed by atoms with Crippen LogP contribution in [0.5, 0.6) is 0 Å². The van der Waals surface area contributed by atoms with Crippen LogP contribution in [-0.2, 0) is 12.7 Å². The van der Waals surface area contributed by atoms with Gasteiger partial charge in [-0.25, -0.2) is 4.68 Å². The van der Waals surface area contributed by atoms with Crippen molar-refractivity contribution in [1.29, 1.82) is 0 Å². The molecule has 0 atom stereocenters. The Hall–Kier alpha value is -2.51. The van der Waals surface area contributed by atoms with Gasteiger partial charge in [0.05, 0.1) is 17.4 Å². The van der Waals surface area contributed by atoms with Crippen LogP contribution in [0.4, 0.5) is 13.2 Å². The first kappa shape index (κ1) is 19.3. The SMILES string of the molecule is O=C(NCc1cccc(Cl)c1)c1cnn(-c2cccc(Cl)c2)c1C(F)(F)F. The van der Waals surface area contributed by atoms with Crippen molar-refractivity contribution in [2.75, 3.05) is 0 Å². The van der Waals surface area contributed by atoms with Gasteiger partial charge in [0, 0.05) is 16.6 Å². The second-order valence-electron chi connectivity index (χ2n) is 5.61. The van der Waals surface area contributed by atoms with Crippen molar-refractivity contribution in [3.8, 4) is 5.69 Å². The van der Waals surface area contributed by atoms with E-state index in [9.17, 15) is 18.0 Å².